The highest BCUT2D eigenvalue weighted by atomic mass is 16.5. The molecule has 2 rings (SSSR count). The van der Waals surface area contributed by atoms with Gasteiger partial charge in [-0.1, -0.05) is 19.1 Å². The third-order valence-electron chi connectivity index (χ3n) is 3.44. The maximum atomic E-state index is 5.61. The van der Waals surface area contributed by atoms with E-state index >= 15 is 0 Å². The monoisotopic (exact) mass is 262 g/mol. The molecule has 1 aliphatic heterocycles. The van der Waals surface area contributed by atoms with Crippen LogP contribution in [-0.2, 0) is 6.54 Å². The van der Waals surface area contributed by atoms with Gasteiger partial charge < -0.3 is 10.1 Å². The van der Waals surface area contributed by atoms with E-state index in [9.17, 15) is 0 Å². The van der Waals surface area contributed by atoms with Crippen LogP contribution in [0.15, 0.2) is 24.3 Å². The van der Waals surface area contributed by atoms with Crippen molar-refractivity contribution in [2.75, 3.05) is 19.7 Å². The molecular weight excluding hydrogens is 236 g/mol. The Morgan fingerprint density at radius 1 is 1.16 bits per heavy atom. The Hall–Kier alpha value is -1.06. The van der Waals surface area contributed by atoms with Crippen molar-refractivity contribution in [1.82, 2.24) is 10.2 Å². The molecule has 106 valence electrons. The molecule has 2 unspecified atom stereocenters. The molecule has 1 saturated heterocycles. The molecular formula is C16H26N2O. The lowest BCUT2D eigenvalue weighted by molar-refractivity contribution is 0.166. The summed E-state index contributed by atoms with van der Waals surface area (Å²) in [6.45, 7) is 10.7. The molecule has 0 aromatic heterocycles. The van der Waals surface area contributed by atoms with Crippen LogP contribution in [0.5, 0.6) is 5.75 Å². The standard InChI is InChI=1S/C16H26N2O/c1-4-9-19-16-7-5-15(6-8-16)12-18-10-13(2)17-14(3)11-18/h5-8,13-14,17H,4,9-12H2,1-3H3. The first-order valence-electron chi connectivity index (χ1n) is 7.37. The van der Waals surface area contributed by atoms with Gasteiger partial charge in [0, 0.05) is 31.7 Å². The second kappa shape index (κ2) is 6.92. The molecule has 0 saturated carbocycles. The number of nitrogens with one attached hydrogen (secondary N) is 1. The van der Waals surface area contributed by atoms with Crippen molar-refractivity contribution >= 4 is 0 Å². The van der Waals surface area contributed by atoms with E-state index < -0.39 is 0 Å². The summed E-state index contributed by atoms with van der Waals surface area (Å²) in [7, 11) is 0. The van der Waals surface area contributed by atoms with Crippen molar-refractivity contribution in [1.29, 1.82) is 0 Å². The smallest absolute Gasteiger partial charge is 0.119 e. The van der Waals surface area contributed by atoms with Crippen LogP contribution in [0.2, 0.25) is 0 Å². The second-order valence-corrected chi connectivity index (χ2v) is 5.66. The molecule has 3 heteroatoms. The van der Waals surface area contributed by atoms with Crippen LogP contribution in [0.3, 0.4) is 0 Å². The van der Waals surface area contributed by atoms with Crippen LogP contribution < -0.4 is 10.1 Å². The molecule has 2 atom stereocenters. The predicted molar refractivity (Wildman–Crippen MR) is 79.6 cm³/mol. The fraction of sp³-hybridized carbons (Fsp3) is 0.625. The number of rotatable bonds is 5. The Morgan fingerprint density at radius 3 is 2.37 bits per heavy atom. The van der Waals surface area contributed by atoms with Gasteiger partial charge in [-0.15, -0.1) is 0 Å². The Bertz CT molecular complexity index is 367. The van der Waals surface area contributed by atoms with Gasteiger partial charge in [0.2, 0.25) is 0 Å². The summed E-state index contributed by atoms with van der Waals surface area (Å²) in [5.41, 5.74) is 1.37. The summed E-state index contributed by atoms with van der Waals surface area (Å²) in [5.74, 6) is 0.979. The molecule has 0 spiro atoms. The molecule has 1 fully saturated rings. The highest BCUT2D eigenvalue weighted by molar-refractivity contribution is 5.27. The Morgan fingerprint density at radius 2 is 1.79 bits per heavy atom. The van der Waals surface area contributed by atoms with Crippen molar-refractivity contribution in [3.8, 4) is 5.75 Å². The Labute approximate surface area is 116 Å². The quantitative estimate of drug-likeness (QED) is 0.883. The summed E-state index contributed by atoms with van der Waals surface area (Å²) >= 11 is 0. The van der Waals surface area contributed by atoms with E-state index in [4.69, 9.17) is 4.74 Å². The van der Waals surface area contributed by atoms with E-state index in [1.165, 1.54) is 5.56 Å². The number of hydrogen-bond donors (Lipinski definition) is 1. The molecule has 1 N–H and O–H groups in total. The van der Waals surface area contributed by atoms with Gasteiger partial charge in [-0.3, -0.25) is 4.90 Å². The number of ether oxygens (including phenoxy) is 1. The van der Waals surface area contributed by atoms with Crippen LogP contribution >= 0.6 is 0 Å². The molecule has 1 aromatic rings. The molecule has 0 aliphatic carbocycles. The third-order valence-corrected chi connectivity index (χ3v) is 3.44. The zero-order valence-corrected chi connectivity index (χ0v) is 12.4. The van der Waals surface area contributed by atoms with Crippen molar-refractivity contribution in [3.05, 3.63) is 29.8 Å². The fourth-order valence-corrected chi connectivity index (χ4v) is 2.74. The summed E-state index contributed by atoms with van der Waals surface area (Å²) in [6, 6.07) is 9.69. The van der Waals surface area contributed by atoms with Gasteiger partial charge in [-0.2, -0.15) is 0 Å². The van der Waals surface area contributed by atoms with E-state index in [2.05, 4.69) is 55.3 Å². The minimum atomic E-state index is 0.580. The van der Waals surface area contributed by atoms with Crippen LogP contribution in [0.25, 0.3) is 0 Å². The van der Waals surface area contributed by atoms with Gasteiger partial charge in [0.25, 0.3) is 0 Å². The molecule has 1 heterocycles. The average Bonchev–Trinajstić information content (AvgIpc) is 2.37. The average molecular weight is 262 g/mol. The van der Waals surface area contributed by atoms with Gasteiger partial charge in [0.1, 0.15) is 5.75 Å². The SMILES string of the molecule is CCCOc1ccc(CN2CC(C)NC(C)C2)cc1. The zero-order chi connectivity index (χ0) is 13.7. The van der Waals surface area contributed by atoms with Crippen molar-refractivity contribution in [3.63, 3.8) is 0 Å². The zero-order valence-electron chi connectivity index (χ0n) is 12.4. The number of benzene rings is 1. The topological polar surface area (TPSA) is 24.5 Å². The van der Waals surface area contributed by atoms with Gasteiger partial charge in [-0.25, -0.2) is 0 Å². The fourth-order valence-electron chi connectivity index (χ4n) is 2.74. The summed E-state index contributed by atoms with van der Waals surface area (Å²) in [6.07, 6.45) is 1.05. The number of piperazine rings is 1. The van der Waals surface area contributed by atoms with E-state index in [0.29, 0.717) is 12.1 Å². The first kappa shape index (κ1) is 14.4. The molecule has 0 bridgehead atoms. The largest absolute Gasteiger partial charge is 0.494 e. The molecule has 0 radical (unpaired) electrons. The first-order valence-corrected chi connectivity index (χ1v) is 7.37. The summed E-state index contributed by atoms with van der Waals surface area (Å²) in [4.78, 5) is 2.52. The third kappa shape index (κ3) is 4.51. The van der Waals surface area contributed by atoms with Crippen LogP contribution in [0.4, 0.5) is 0 Å². The number of nitrogens with zero attached hydrogens (tertiary/aromatic N) is 1. The van der Waals surface area contributed by atoms with Crippen LogP contribution in [0, 0.1) is 0 Å². The van der Waals surface area contributed by atoms with Gasteiger partial charge in [0.15, 0.2) is 0 Å². The van der Waals surface area contributed by atoms with Crippen LogP contribution in [-0.4, -0.2) is 36.7 Å². The lowest BCUT2D eigenvalue weighted by Crippen LogP contribution is -2.53. The normalized spacial score (nSPS) is 24.4. The highest BCUT2D eigenvalue weighted by Crippen LogP contribution is 2.15. The van der Waals surface area contributed by atoms with Crippen molar-refractivity contribution in [2.45, 2.75) is 45.8 Å². The molecule has 1 aromatic carbocycles. The molecule has 0 amide bonds. The van der Waals surface area contributed by atoms with E-state index in [1.54, 1.807) is 0 Å². The lowest BCUT2D eigenvalue weighted by Gasteiger charge is -2.36. The predicted octanol–water partition coefficient (Wildman–Crippen LogP) is 2.66. The van der Waals surface area contributed by atoms with Crippen molar-refractivity contribution in [2.24, 2.45) is 0 Å². The molecule has 19 heavy (non-hydrogen) atoms. The van der Waals surface area contributed by atoms with Crippen molar-refractivity contribution < 1.29 is 4.74 Å². The van der Waals surface area contributed by atoms with Gasteiger partial charge in [-0.05, 0) is 38.0 Å². The first-order chi connectivity index (χ1) is 9.17. The Kier molecular flexibility index (Phi) is 5.23. The summed E-state index contributed by atoms with van der Waals surface area (Å²) in [5, 5.41) is 3.57. The maximum absolute atomic E-state index is 5.61. The Balaban J connectivity index is 1.88. The van der Waals surface area contributed by atoms with Gasteiger partial charge >= 0.3 is 0 Å². The number of hydrogen-bond acceptors (Lipinski definition) is 3. The highest BCUT2D eigenvalue weighted by Gasteiger charge is 2.20. The lowest BCUT2D eigenvalue weighted by atomic mass is 10.1. The van der Waals surface area contributed by atoms with E-state index in [-0.39, 0.29) is 0 Å². The van der Waals surface area contributed by atoms with Gasteiger partial charge in [0.05, 0.1) is 6.61 Å². The molecule has 1 aliphatic rings. The molecule has 3 nitrogen and oxygen atoms in total. The van der Waals surface area contributed by atoms with E-state index in [0.717, 1.165) is 38.4 Å². The maximum Gasteiger partial charge on any atom is 0.119 e. The van der Waals surface area contributed by atoms with Crippen LogP contribution in [0.1, 0.15) is 32.8 Å². The second-order valence-electron chi connectivity index (χ2n) is 5.66. The minimum Gasteiger partial charge on any atom is -0.494 e. The minimum absolute atomic E-state index is 0.580. The summed E-state index contributed by atoms with van der Waals surface area (Å²) < 4.78 is 5.61. The van der Waals surface area contributed by atoms with E-state index in [1.807, 2.05) is 0 Å².